The van der Waals surface area contributed by atoms with E-state index in [2.05, 4.69) is 10.6 Å². The Bertz CT molecular complexity index is 1090. The van der Waals surface area contributed by atoms with Crippen LogP contribution in [-0.4, -0.2) is 32.1 Å². The summed E-state index contributed by atoms with van der Waals surface area (Å²) in [6.45, 7) is 2.88. The molecule has 3 aromatic rings. The molecule has 2 N–H and O–H groups in total. The molecule has 0 radical (unpaired) electrons. The fourth-order valence-corrected chi connectivity index (χ4v) is 3.04. The molecule has 0 aliphatic heterocycles. The first-order valence-electron chi connectivity index (χ1n) is 10.2. The van der Waals surface area contributed by atoms with Gasteiger partial charge in [-0.25, -0.2) is 0 Å². The summed E-state index contributed by atoms with van der Waals surface area (Å²) in [7, 11) is 1.60. The standard InChI is InChI=1S/C25H25ClN2O4/c1-17-4-6-19(7-5-17)24(29)28-22(25(30)27-14-3-15-31-2)16-21-12-13-23(32-21)18-8-10-20(26)11-9-18/h4-13,16H,3,14-15H2,1-2H3,(H,27,30)(H,28,29)/b22-16+. The Morgan fingerprint density at radius 3 is 2.44 bits per heavy atom. The number of hydrogen-bond donors (Lipinski definition) is 2. The van der Waals surface area contributed by atoms with Crippen molar-refractivity contribution in [1.29, 1.82) is 0 Å². The van der Waals surface area contributed by atoms with Gasteiger partial charge in [-0.15, -0.1) is 0 Å². The lowest BCUT2D eigenvalue weighted by Gasteiger charge is -2.11. The number of methoxy groups -OCH3 is 1. The van der Waals surface area contributed by atoms with Gasteiger partial charge in [0, 0.05) is 42.5 Å². The topological polar surface area (TPSA) is 80.6 Å². The Hall–Kier alpha value is -3.35. The summed E-state index contributed by atoms with van der Waals surface area (Å²) in [5, 5.41) is 6.12. The molecule has 166 valence electrons. The summed E-state index contributed by atoms with van der Waals surface area (Å²) in [6, 6.07) is 17.9. The Morgan fingerprint density at radius 2 is 1.75 bits per heavy atom. The third kappa shape index (κ3) is 6.57. The van der Waals surface area contributed by atoms with Crippen molar-refractivity contribution in [1.82, 2.24) is 10.6 Å². The number of furan rings is 1. The van der Waals surface area contributed by atoms with E-state index in [1.54, 1.807) is 43.5 Å². The summed E-state index contributed by atoms with van der Waals surface area (Å²) >= 11 is 5.94. The molecule has 1 aromatic heterocycles. The predicted octanol–water partition coefficient (Wildman–Crippen LogP) is 4.83. The molecule has 0 fully saturated rings. The first-order chi connectivity index (χ1) is 15.5. The number of ether oxygens (including phenoxy) is 1. The van der Waals surface area contributed by atoms with Gasteiger partial charge in [0.1, 0.15) is 17.2 Å². The molecule has 2 amide bonds. The number of rotatable bonds is 9. The van der Waals surface area contributed by atoms with E-state index >= 15 is 0 Å². The average Bonchev–Trinajstić information content (AvgIpc) is 3.25. The number of aryl methyl sites for hydroxylation is 1. The molecule has 6 nitrogen and oxygen atoms in total. The third-order valence-electron chi connectivity index (χ3n) is 4.66. The summed E-state index contributed by atoms with van der Waals surface area (Å²) in [6.07, 6.45) is 2.17. The fraction of sp³-hybridized carbons (Fsp3) is 0.200. The quantitative estimate of drug-likeness (QED) is 0.360. The lowest BCUT2D eigenvalue weighted by molar-refractivity contribution is -0.117. The molecule has 0 spiro atoms. The molecular weight excluding hydrogens is 428 g/mol. The van der Waals surface area contributed by atoms with Crippen molar-refractivity contribution < 1.29 is 18.7 Å². The van der Waals surface area contributed by atoms with Crippen LogP contribution < -0.4 is 10.6 Å². The number of nitrogens with one attached hydrogen (secondary N) is 2. The van der Waals surface area contributed by atoms with Crippen LogP contribution in [0.2, 0.25) is 5.02 Å². The minimum absolute atomic E-state index is 0.0880. The molecule has 0 saturated carbocycles. The van der Waals surface area contributed by atoms with Crippen LogP contribution in [0.25, 0.3) is 17.4 Å². The largest absolute Gasteiger partial charge is 0.457 e. The first kappa shape index (κ1) is 23.3. The number of benzene rings is 2. The van der Waals surface area contributed by atoms with Crippen LogP contribution in [0.5, 0.6) is 0 Å². The number of amides is 2. The van der Waals surface area contributed by atoms with Crippen LogP contribution >= 0.6 is 11.6 Å². The molecular formula is C25H25ClN2O4. The SMILES string of the molecule is COCCCNC(=O)/C(=C\c1ccc(-c2ccc(Cl)cc2)o1)NC(=O)c1ccc(C)cc1. The van der Waals surface area contributed by atoms with E-state index in [4.69, 9.17) is 20.8 Å². The summed E-state index contributed by atoms with van der Waals surface area (Å²) < 4.78 is 10.9. The van der Waals surface area contributed by atoms with E-state index < -0.39 is 5.91 Å². The highest BCUT2D eigenvalue weighted by Gasteiger charge is 2.15. The van der Waals surface area contributed by atoms with E-state index in [1.807, 2.05) is 31.2 Å². The number of halogens is 1. The summed E-state index contributed by atoms with van der Waals surface area (Å²) in [5.41, 5.74) is 2.43. The van der Waals surface area contributed by atoms with Crippen LogP contribution in [0, 0.1) is 6.92 Å². The smallest absolute Gasteiger partial charge is 0.267 e. The maximum atomic E-state index is 12.8. The summed E-state index contributed by atoms with van der Waals surface area (Å²) in [4.78, 5) is 25.5. The molecule has 0 aliphatic carbocycles. The van der Waals surface area contributed by atoms with Gasteiger partial charge in [-0.05, 0) is 61.9 Å². The molecule has 7 heteroatoms. The summed E-state index contributed by atoms with van der Waals surface area (Å²) in [5.74, 6) is 0.262. The van der Waals surface area contributed by atoms with Gasteiger partial charge in [-0.1, -0.05) is 29.3 Å². The van der Waals surface area contributed by atoms with Gasteiger partial charge in [0.25, 0.3) is 11.8 Å². The van der Waals surface area contributed by atoms with Gasteiger partial charge < -0.3 is 19.8 Å². The first-order valence-corrected chi connectivity index (χ1v) is 10.6. The second kappa shape index (κ2) is 11.3. The van der Waals surface area contributed by atoms with Crippen molar-refractivity contribution in [2.45, 2.75) is 13.3 Å². The molecule has 3 rings (SSSR count). The highest BCUT2D eigenvalue weighted by molar-refractivity contribution is 6.30. The zero-order valence-corrected chi connectivity index (χ0v) is 18.7. The maximum Gasteiger partial charge on any atom is 0.267 e. The molecule has 32 heavy (non-hydrogen) atoms. The lowest BCUT2D eigenvalue weighted by atomic mass is 10.1. The Morgan fingerprint density at radius 1 is 1.03 bits per heavy atom. The zero-order valence-electron chi connectivity index (χ0n) is 18.0. The van der Waals surface area contributed by atoms with Crippen LogP contribution in [0.1, 0.15) is 28.1 Å². The van der Waals surface area contributed by atoms with Gasteiger partial charge in [0.15, 0.2) is 0 Å². The minimum Gasteiger partial charge on any atom is -0.457 e. The Kier molecular flexibility index (Phi) is 8.25. The van der Waals surface area contributed by atoms with E-state index in [0.29, 0.717) is 41.7 Å². The Labute approximate surface area is 192 Å². The second-order valence-corrected chi connectivity index (χ2v) is 7.63. The van der Waals surface area contributed by atoms with E-state index in [-0.39, 0.29) is 11.6 Å². The second-order valence-electron chi connectivity index (χ2n) is 7.19. The Balaban J connectivity index is 1.81. The predicted molar refractivity (Wildman–Crippen MR) is 125 cm³/mol. The fourth-order valence-electron chi connectivity index (χ4n) is 2.91. The normalized spacial score (nSPS) is 11.3. The molecule has 0 unspecified atom stereocenters. The van der Waals surface area contributed by atoms with Crippen molar-refractivity contribution in [3.63, 3.8) is 0 Å². The number of carbonyl (C=O) groups excluding carboxylic acids is 2. The van der Waals surface area contributed by atoms with Crippen molar-refractivity contribution in [3.05, 3.63) is 88.3 Å². The van der Waals surface area contributed by atoms with Gasteiger partial charge in [0.2, 0.25) is 0 Å². The zero-order chi connectivity index (χ0) is 22.9. The van der Waals surface area contributed by atoms with Gasteiger partial charge >= 0.3 is 0 Å². The van der Waals surface area contributed by atoms with Gasteiger partial charge in [0.05, 0.1) is 0 Å². The average molecular weight is 453 g/mol. The molecule has 2 aromatic carbocycles. The van der Waals surface area contributed by atoms with E-state index in [1.165, 1.54) is 6.08 Å². The van der Waals surface area contributed by atoms with Crippen molar-refractivity contribution in [3.8, 4) is 11.3 Å². The van der Waals surface area contributed by atoms with Crippen molar-refractivity contribution >= 4 is 29.5 Å². The monoisotopic (exact) mass is 452 g/mol. The highest BCUT2D eigenvalue weighted by atomic mass is 35.5. The number of hydrogen-bond acceptors (Lipinski definition) is 4. The minimum atomic E-state index is -0.411. The molecule has 0 saturated heterocycles. The molecule has 0 aliphatic rings. The van der Waals surface area contributed by atoms with Crippen LogP contribution in [0.15, 0.2) is 70.8 Å². The molecule has 0 atom stereocenters. The molecule has 1 heterocycles. The van der Waals surface area contributed by atoms with Crippen LogP contribution in [-0.2, 0) is 9.53 Å². The van der Waals surface area contributed by atoms with Crippen LogP contribution in [0.4, 0.5) is 0 Å². The maximum absolute atomic E-state index is 12.8. The van der Waals surface area contributed by atoms with Crippen molar-refractivity contribution in [2.75, 3.05) is 20.3 Å². The van der Waals surface area contributed by atoms with Gasteiger partial charge in [-0.2, -0.15) is 0 Å². The van der Waals surface area contributed by atoms with Gasteiger partial charge in [-0.3, -0.25) is 9.59 Å². The van der Waals surface area contributed by atoms with E-state index in [9.17, 15) is 9.59 Å². The van der Waals surface area contributed by atoms with Crippen molar-refractivity contribution in [2.24, 2.45) is 0 Å². The third-order valence-corrected chi connectivity index (χ3v) is 4.91. The number of carbonyl (C=O) groups is 2. The van der Waals surface area contributed by atoms with Crippen LogP contribution in [0.3, 0.4) is 0 Å². The molecule has 0 bridgehead atoms. The van der Waals surface area contributed by atoms with E-state index in [0.717, 1.165) is 11.1 Å². The lowest BCUT2D eigenvalue weighted by Crippen LogP contribution is -2.35. The highest BCUT2D eigenvalue weighted by Crippen LogP contribution is 2.24.